The van der Waals surface area contributed by atoms with Gasteiger partial charge in [-0.3, -0.25) is 9.69 Å². The summed E-state index contributed by atoms with van der Waals surface area (Å²) in [5.74, 6) is 2.04. The van der Waals surface area contributed by atoms with E-state index in [1.165, 1.54) is 4.90 Å². The number of carbonyl (C=O) groups excluding carboxylic acids is 1. The number of para-hydroxylation sites is 1. The van der Waals surface area contributed by atoms with Gasteiger partial charge in [0.1, 0.15) is 35.3 Å². The third-order valence-electron chi connectivity index (χ3n) is 4.45. The molecule has 7 heteroatoms. The van der Waals surface area contributed by atoms with Crippen LogP contribution in [-0.4, -0.2) is 28.1 Å². The van der Waals surface area contributed by atoms with E-state index < -0.39 is 0 Å². The monoisotopic (exact) mass is 406 g/mol. The fourth-order valence-electron chi connectivity index (χ4n) is 2.96. The van der Waals surface area contributed by atoms with Gasteiger partial charge in [-0.15, -0.1) is 0 Å². The van der Waals surface area contributed by atoms with Crippen LogP contribution in [0.25, 0.3) is 6.08 Å². The summed E-state index contributed by atoms with van der Waals surface area (Å²) in [6.07, 6.45) is 1.61. The maximum absolute atomic E-state index is 13.0. The normalized spacial score (nSPS) is 15.4. The predicted molar refractivity (Wildman–Crippen MR) is 113 cm³/mol. The Morgan fingerprint density at radius 3 is 2.38 bits per heavy atom. The van der Waals surface area contributed by atoms with Gasteiger partial charge in [0.05, 0.1) is 5.69 Å². The fraction of sp³-hybridized carbons (Fsp3) is 0.0909. The molecule has 1 saturated heterocycles. The van der Waals surface area contributed by atoms with E-state index in [0.29, 0.717) is 33.8 Å². The summed E-state index contributed by atoms with van der Waals surface area (Å²) in [4.78, 5) is 16.1. The van der Waals surface area contributed by atoms with Crippen molar-refractivity contribution in [1.29, 1.82) is 0 Å². The average Bonchev–Trinajstić information content (AvgIpc) is 3.28. The number of amides is 1. The Morgan fingerprint density at radius 2 is 1.72 bits per heavy atom. The number of aliphatic hydroxyl groups excluding tert-OH is 1. The molecule has 2 aromatic carbocycles. The highest BCUT2D eigenvalue weighted by atomic mass is 32.1. The number of benzene rings is 2. The number of rotatable bonds is 5. The number of hydrogen-bond donors (Lipinski definition) is 1. The van der Waals surface area contributed by atoms with E-state index in [1.54, 1.807) is 54.4 Å². The highest BCUT2D eigenvalue weighted by molar-refractivity contribution is 7.80. The van der Waals surface area contributed by atoms with Crippen molar-refractivity contribution in [2.75, 3.05) is 11.9 Å². The molecule has 0 unspecified atom stereocenters. The van der Waals surface area contributed by atoms with Crippen LogP contribution in [-0.2, 0) is 11.4 Å². The van der Waals surface area contributed by atoms with Crippen LogP contribution in [0.3, 0.4) is 0 Å². The number of carbonyl (C=O) groups is 1. The van der Waals surface area contributed by atoms with Crippen molar-refractivity contribution in [3.05, 3.63) is 83.9 Å². The predicted octanol–water partition coefficient (Wildman–Crippen LogP) is 4.17. The zero-order chi connectivity index (χ0) is 20.4. The molecule has 0 atom stereocenters. The average molecular weight is 406 g/mol. The molecule has 4 rings (SSSR count). The van der Waals surface area contributed by atoms with Crippen LogP contribution in [0.1, 0.15) is 11.5 Å². The molecule has 1 fully saturated rings. The number of aliphatic hydroxyl groups is 1. The Labute approximate surface area is 173 Å². The zero-order valence-corrected chi connectivity index (χ0v) is 16.4. The largest absolute Gasteiger partial charge is 0.459 e. The minimum Gasteiger partial charge on any atom is -0.459 e. The topological polar surface area (TPSA) is 66.2 Å². The third kappa shape index (κ3) is 3.78. The lowest BCUT2D eigenvalue weighted by atomic mass is 10.2. The maximum atomic E-state index is 13.0. The van der Waals surface area contributed by atoms with Gasteiger partial charge in [-0.05, 0) is 60.7 Å². The first kappa shape index (κ1) is 18.9. The van der Waals surface area contributed by atoms with Gasteiger partial charge >= 0.3 is 0 Å². The van der Waals surface area contributed by atoms with Crippen LogP contribution in [0, 0.1) is 0 Å². The second-order valence-electron chi connectivity index (χ2n) is 6.38. The van der Waals surface area contributed by atoms with Crippen LogP contribution in [0.2, 0.25) is 0 Å². The van der Waals surface area contributed by atoms with Gasteiger partial charge in [0.25, 0.3) is 5.91 Å². The van der Waals surface area contributed by atoms with E-state index in [1.807, 2.05) is 30.3 Å². The number of hydrogen-bond acceptors (Lipinski definition) is 5. The van der Waals surface area contributed by atoms with E-state index in [2.05, 4.69) is 0 Å². The first-order valence-corrected chi connectivity index (χ1v) is 9.34. The maximum Gasteiger partial charge on any atom is 0.281 e. The number of nitrogens with zero attached hydrogens (tertiary/aromatic N) is 2. The summed E-state index contributed by atoms with van der Waals surface area (Å²) in [5.41, 5.74) is 1.03. The van der Waals surface area contributed by atoms with Gasteiger partial charge in [0.2, 0.25) is 0 Å². The number of anilines is 1. The summed E-state index contributed by atoms with van der Waals surface area (Å²) in [6.45, 7) is -0.200. The standard InChI is InChI=1S/C22H18N2O4S/c1-23-20(13-18-11-12-19(14-25)28-18)21(26)24(22(23)29)15-7-9-17(10-8-15)27-16-5-3-2-4-6-16/h2-13,25H,14H2,1H3. The Balaban J connectivity index is 1.56. The van der Waals surface area contributed by atoms with Crippen LogP contribution in [0.5, 0.6) is 11.5 Å². The molecule has 0 spiro atoms. The first-order chi connectivity index (χ1) is 14.1. The SMILES string of the molecule is CN1C(=S)N(c2ccc(Oc3ccccc3)cc2)C(=O)C1=Cc1ccc(CO)o1. The molecule has 2 heterocycles. The minimum absolute atomic E-state index is 0.200. The molecule has 146 valence electrons. The van der Waals surface area contributed by atoms with Crippen molar-refractivity contribution in [2.24, 2.45) is 0 Å². The highest BCUT2D eigenvalue weighted by Gasteiger charge is 2.37. The van der Waals surface area contributed by atoms with Gasteiger partial charge in [0, 0.05) is 13.1 Å². The summed E-state index contributed by atoms with van der Waals surface area (Å²) in [7, 11) is 1.73. The molecule has 1 aliphatic rings. The molecule has 1 amide bonds. The van der Waals surface area contributed by atoms with Crippen LogP contribution < -0.4 is 9.64 Å². The van der Waals surface area contributed by atoms with E-state index in [0.717, 1.165) is 5.75 Å². The molecular formula is C22H18N2O4S. The molecule has 1 N–H and O–H groups in total. The summed E-state index contributed by atoms with van der Waals surface area (Å²) >= 11 is 5.47. The molecule has 0 aliphatic carbocycles. The summed E-state index contributed by atoms with van der Waals surface area (Å²) < 4.78 is 11.2. The van der Waals surface area contributed by atoms with E-state index in [9.17, 15) is 4.79 Å². The fourth-order valence-corrected chi connectivity index (χ4v) is 3.25. The summed E-state index contributed by atoms with van der Waals surface area (Å²) in [6, 6.07) is 20.0. The van der Waals surface area contributed by atoms with E-state index in [4.69, 9.17) is 26.5 Å². The molecule has 6 nitrogen and oxygen atoms in total. The lowest BCUT2D eigenvalue weighted by Gasteiger charge is -2.17. The Bertz CT molecular complexity index is 1070. The molecule has 1 aromatic heterocycles. The van der Waals surface area contributed by atoms with Crippen LogP contribution in [0.15, 0.2) is 76.8 Å². The first-order valence-electron chi connectivity index (χ1n) is 8.93. The second-order valence-corrected chi connectivity index (χ2v) is 6.75. The van der Waals surface area contributed by atoms with Crippen molar-refractivity contribution in [2.45, 2.75) is 6.61 Å². The number of likely N-dealkylation sites (N-methyl/N-ethyl adjacent to an activating group) is 1. The van der Waals surface area contributed by atoms with Crippen LogP contribution in [0.4, 0.5) is 5.69 Å². The smallest absolute Gasteiger partial charge is 0.281 e. The number of ether oxygens (including phenoxy) is 1. The molecular weight excluding hydrogens is 388 g/mol. The van der Waals surface area contributed by atoms with Crippen molar-refractivity contribution < 1.29 is 19.1 Å². The Kier molecular flexibility index (Phi) is 5.16. The van der Waals surface area contributed by atoms with E-state index >= 15 is 0 Å². The molecule has 0 radical (unpaired) electrons. The lowest BCUT2D eigenvalue weighted by Crippen LogP contribution is -2.31. The van der Waals surface area contributed by atoms with Gasteiger partial charge in [-0.25, -0.2) is 0 Å². The molecule has 0 bridgehead atoms. The van der Waals surface area contributed by atoms with Gasteiger partial charge in [0.15, 0.2) is 5.11 Å². The molecule has 1 aliphatic heterocycles. The molecule has 3 aromatic rings. The Morgan fingerprint density at radius 1 is 1.03 bits per heavy atom. The van der Waals surface area contributed by atoms with Crippen molar-refractivity contribution in [1.82, 2.24) is 4.90 Å². The van der Waals surface area contributed by atoms with Crippen molar-refractivity contribution in [3.8, 4) is 11.5 Å². The van der Waals surface area contributed by atoms with Crippen molar-refractivity contribution >= 4 is 35.0 Å². The zero-order valence-electron chi connectivity index (χ0n) is 15.6. The second kappa shape index (κ2) is 7.90. The van der Waals surface area contributed by atoms with E-state index in [-0.39, 0.29) is 12.5 Å². The molecule has 29 heavy (non-hydrogen) atoms. The van der Waals surface area contributed by atoms with Gasteiger partial charge < -0.3 is 19.2 Å². The number of thiocarbonyl (C=S) groups is 1. The van der Waals surface area contributed by atoms with Gasteiger partial charge in [-0.1, -0.05) is 18.2 Å². The summed E-state index contributed by atoms with van der Waals surface area (Å²) in [5, 5.41) is 9.50. The Hall–Kier alpha value is -3.42. The highest BCUT2D eigenvalue weighted by Crippen LogP contribution is 2.30. The third-order valence-corrected chi connectivity index (χ3v) is 4.91. The molecule has 0 saturated carbocycles. The lowest BCUT2D eigenvalue weighted by molar-refractivity contribution is -0.114. The van der Waals surface area contributed by atoms with Gasteiger partial charge in [-0.2, -0.15) is 0 Å². The minimum atomic E-state index is -0.254. The number of furan rings is 1. The van der Waals surface area contributed by atoms with Crippen molar-refractivity contribution in [3.63, 3.8) is 0 Å². The quantitative estimate of drug-likeness (QED) is 0.507. The van der Waals surface area contributed by atoms with Crippen LogP contribution >= 0.6 is 12.2 Å².